The van der Waals surface area contributed by atoms with E-state index in [0.29, 0.717) is 13.0 Å². The topological polar surface area (TPSA) is 67.2 Å². The molecule has 0 saturated carbocycles. The Morgan fingerprint density at radius 2 is 2.04 bits per heavy atom. The molecule has 2 amide bonds. The number of rotatable bonds is 5. The summed E-state index contributed by atoms with van der Waals surface area (Å²) in [7, 11) is 1.91. The molecule has 0 spiro atoms. The summed E-state index contributed by atoms with van der Waals surface area (Å²) in [5.74, 6) is -0.214. The summed E-state index contributed by atoms with van der Waals surface area (Å²) < 4.78 is 1.85. The van der Waals surface area contributed by atoms with Crippen molar-refractivity contribution < 1.29 is 9.59 Å². The third-order valence-electron chi connectivity index (χ3n) is 4.79. The lowest BCUT2D eigenvalue weighted by Gasteiger charge is -2.22. The zero-order valence-electron chi connectivity index (χ0n) is 15.0. The first-order chi connectivity index (χ1) is 10.8. The van der Waals surface area contributed by atoms with E-state index in [0.717, 1.165) is 23.4 Å². The lowest BCUT2D eigenvalue weighted by Crippen LogP contribution is -2.37. The Kier molecular flexibility index (Phi) is 5.12. The second-order valence-corrected chi connectivity index (χ2v) is 6.72. The van der Waals surface area contributed by atoms with Gasteiger partial charge >= 0.3 is 0 Å². The summed E-state index contributed by atoms with van der Waals surface area (Å²) in [6.45, 7) is 10.5. The number of carbonyl (C=O) groups excluding carboxylic acids is 2. The van der Waals surface area contributed by atoms with Crippen LogP contribution in [0.25, 0.3) is 0 Å². The van der Waals surface area contributed by atoms with Gasteiger partial charge in [-0.05, 0) is 34.1 Å². The second-order valence-electron chi connectivity index (χ2n) is 6.72. The highest BCUT2D eigenvalue weighted by Gasteiger charge is 2.36. The van der Waals surface area contributed by atoms with Crippen molar-refractivity contribution in [3.63, 3.8) is 0 Å². The van der Waals surface area contributed by atoms with Gasteiger partial charge in [-0.3, -0.25) is 14.3 Å². The lowest BCUT2D eigenvalue weighted by atomic mass is 10.0. The molecular weight excluding hydrogens is 292 g/mol. The van der Waals surface area contributed by atoms with Crippen molar-refractivity contribution in [1.82, 2.24) is 20.0 Å². The summed E-state index contributed by atoms with van der Waals surface area (Å²) in [5, 5.41) is 7.56. The molecule has 23 heavy (non-hydrogen) atoms. The normalized spacial score (nSPS) is 19.5. The average molecular weight is 320 g/mol. The molecule has 6 heteroatoms. The van der Waals surface area contributed by atoms with Crippen LogP contribution in [0.4, 0.5) is 0 Å². The first kappa shape index (κ1) is 17.5. The number of nitrogens with zero attached hydrogens (tertiary/aromatic N) is 3. The molecule has 1 saturated heterocycles. The molecule has 2 atom stereocenters. The second kappa shape index (κ2) is 6.72. The Hall–Kier alpha value is -1.85. The minimum Gasteiger partial charge on any atom is -0.349 e. The number of aryl methyl sites for hydroxylation is 2. The number of hydrogen-bond acceptors (Lipinski definition) is 3. The summed E-state index contributed by atoms with van der Waals surface area (Å²) in [6.07, 6.45) is 1.11. The van der Waals surface area contributed by atoms with Gasteiger partial charge in [0, 0.05) is 37.3 Å². The van der Waals surface area contributed by atoms with Crippen LogP contribution in [-0.4, -0.2) is 39.1 Å². The number of hydrogen-bond donors (Lipinski definition) is 1. The molecule has 1 fully saturated rings. The highest BCUT2D eigenvalue weighted by molar-refractivity contribution is 5.89. The molecule has 128 valence electrons. The minimum atomic E-state index is -0.253. The number of aromatic nitrogens is 2. The number of nitrogens with one attached hydrogen (secondary N) is 1. The van der Waals surface area contributed by atoms with E-state index in [-0.39, 0.29) is 29.8 Å². The van der Waals surface area contributed by atoms with Gasteiger partial charge in [-0.15, -0.1) is 0 Å². The molecule has 1 aliphatic heterocycles. The molecule has 0 aliphatic carbocycles. The maximum absolute atomic E-state index is 12.6. The molecule has 1 aromatic heterocycles. The van der Waals surface area contributed by atoms with Crippen LogP contribution in [0.5, 0.6) is 0 Å². The Balaban J connectivity index is 2.11. The van der Waals surface area contributed by atoms with E-state index < -0.39 is 0 Å². The molecular formula is C17H28N4O2. The van der Waals surface area contributed by atoms with Crippen LogP contribution in [0.2, 0.25) is 0 Å². The molecule has 0 aromatic carbocycles. The quantitative estimate of drug-likeness (QED) is 0.900. The molecule has 6 nitrogen and oxygen atoms in total. The van der Waals surface area contributed by atoms with Crippen LogP contribution in [-0.2, 0) is 16.6 Å². The molecule has 2 rings (SSSR count). The van der Waals surface area contributed by atoms with Gasteiger partial charge < -0.3 is 10.2 Å². The van der Waals surface area contributed by atoms with E-state index in [1.165, 1.54) is 0 Å². The van der Waals surface area contributed by atoms with Crippen molar-refractivity contribution in [2.45, 2.75) is 59.5 Å². The summed E-state index contributed by atoms with van der Waals surface area (Å²) >= 11 is 0. The van der Waals surface area contributed by atoms with E-state index in [9.17, 15) is 9.59 Å². The van der Waals surface area contributed by atoms with Gasteiger partial charge in [0.05, 0.1) is 17.7 Å². The average Bonchev–Trinajstić information content (AvgIpc) is 2.98. The largest absolute Gasteiger partial charge is 0.349 e. The summed E-state index contributed by atoms with van der Waals surface area (Å²) in [4.78, 5) is 26.4. The van der Waals surface area contributed by atoms with Gasteiger partial charge in [-0.25, -0.2) is 0 Å². The summed E-state index contributed by atoms with van der Waals surface area (Å²) in [6, 6.07) is 0.0875. The van der Waals surface area contributed by atoms with Crippen molar-refractivity contribution in [2.75, 3.05) is 6.54 Å². The SMILES string of the molecule is CC[C@H](NC(=O)[C@@H]1CC(=O)N(C(C)C)C1)c1c(C)nn(C)c1C. The maximum atomic E-state index is 12.6. The Morgan fingerprint density at radius 3 is 2.48 bits per heavy atom. The molecule has 1 aliphatic rings. The molecule has 0 bridgehead atoms. The fourth-order valence-electron chi connectivity index (χ4n) is 3.37. The van der Waals surface area contributed by atoms with Gasteiger partial charge in [0.25, 0.3) is 0 Å². The molecule has 1 aromatic rings. The van der Waals surface area contributed by atoms with Crippen LogP contribution in [0.1, 0.15) is 56.6 Å². The minimum absolute atomic E-state index is 0.0315. The van der Waals surface area contributed by atoms with E-state index >= 15 is 0 Å². The van der Waals surface area contributed by atoms with Crippen molar-refractivity contribution in [2.24, 2.45) is 13.0 Å². The first-order valence-electron chi connectivity index (χ1n) is 8.36. The number of amides is 2. The molecule has 1 N–H and O–H groups in total. The van der Waals surface area contributed by atoms with Crippen molar-refractivity contribution >= 4 is 11.8 Å². The Morgan fingerprint density at radius 1 is 1.39 bits per heavy atom. The van der Waals surface area contributed by atoms with E-state index in [4.69, 9.17) is 0 Å². The predicted octanol–water partition coefficient (Wildman–Crippen LogP) is 1.86. The van der Waals surface area contributed by atoms with Gasteiger partial charge in [0.15, 0.2) is 0 Å². The first-order valence-corrected chi connectivity index (χ1v) is 8.36. The molecule has 0 unspecified atom stereocenters. The van der Waals surface area contributed by atoms with Crippen molar-refractivity contribution in [1.29, 1.82) is 0 Å². The number of carbonyl (C=O) groups is 2. The van der Waals surface area contributed by atoms with Crippen LogP contribution in [0, 0.1) is 19.8 Å². The molecule has 0 radical (unpaired) electrons. The fourth-order valence-corrected chi connectivity index (χ4v) is 3.37. The van der Waals surface area contributed by atoms with Crippen LogP contribution < -0.4 is 5.32 Å². The fraction of sp³-hybridized carbons (Fsp3) is 0.706. The van der Waals surface area contributed by atoms with Gasteiger partial charge in [0.1, 0.15) is 0 Å². The van der Waals surface area contributed by atoms with Gasteiger partial charge in [-0.1, -0.05) is 6.92 Å². The standard InChI is InChI=1S/C17H28N4O2/c1-7-14(16-11(4)19-20(6)12(16)5)18-17(23)13-8-15(22)21(9-13)10(2)3/h10,13-14H,7-9H2,1-6H3,(H,18,23)/t13-,14+/m1/s1. The van der Waals surface area contributed by atoms with Crippen molar-refractivity contribution in [3.05, 3.63) is 17.0 Å². The molecule has 2 heterocycles. The lowest BCUT2D eigenvalue weighted by molar-refractivity contribution is -0.130. The number of likely N-dealkylation sites (tertiary alicyclic amines) is 1. The highest BCUT2D eigenvalue weighted by atomic mass is 16.2. The zero-order chi connectivity index (χ0) is 17.3. The van der Waals surface area contributed by atoms with E-state index in [2.05, 4.69) is 17.3 Å². The zero-order valence-corrected chi connectivity index (χ0v) is 15.0. The third kappa shape index (κ3) is 3.41. The van der Waals surface area contributed by atoms with E-state index in [1.807, 2.05) is 39.4 Å². The predicted molar refractivity (Wildman–Crippen MR) is 88.8 cm³/mol. The monoisotopic (exact) mass is 320 g/mol. The Bertz CT molecular complexity index is 606. The smallest absolute Gasteiger partial charge is 0.225 e. The highest BCUT2D eigenvalue weighted by Crippen LogP contribution is 2.26. The van der Waals surface area contributed by atoms with Gasteiger partial charge in [-0.2, -0.15) is 5.10 Å². The maximum Gasteiger partial charge on any atom is 0.225 e. The van der Waals surface area contributed by atoms with Crippen LogP contribution in [0.3, 0.4) is 0 Å². The van der Waals surface area contributed by atoms with E-state index in [1.54, 1.807) is 4.90 Å². The van der Waals surface area contributed by atoms with Crippen LogP contribution >= 0.6 is 0 Å². The van der Waals surface area contributed by atoms with Gasteiger partial charge in [0.2, 0.25) is 11.8 Å². The van der Waals surface area contributed by atoms with Crippen LogP contribution in [0.15, 0.2) is 0 Å². The summed E-state index contributed by atoms with van der Waals surface area (Å²) in [5.41, 5.74) is 3.11. The third-order valence-corrected chi connectivity index (χ3v) is 4.79. The Labute approximate surface area is 138 Å². The van der Waals surface area contributed by atoms with Crippen molar-refractivity contribution in [3.8, 4) is 0 Å².